The predicted octanol–water partition coefficient (Wildman–Crippen LogP) is 2.39. The number of anilines is 1. The van der Waals surface area contributed by atoms with Crippen molar-refractivity contribution in [3.8, 4) is 0 Å². The summed E-state index contributed by atoms with van der Waals surface area (Å²) in [6.07, 6.45) is 1.87. The molecule has 102 valence electrons. The van der Waals surface area contributed by atoms with Crippen LogP contribution >= 0.6 is 11.6 Å². The molecule has 1 amide bonds. The Morgan fingerprint density at radius 1 is 1.37 bits per heavy atom. The van der Waals surface area contributed by atoms with E-state index in [0.717, 1.165) is 0 Å². The average molecular weight is 300 g/mol. The van der Waals surface area contributed by atoms with Gasteiger partial charge < -0.3 is 4.90 Å². The van der Waals surface area contributed by atoms with E-state index >= 15 is 0 Å². The van der Waals surface area contributed by atoms with Crippen LogP contribution in [0.3, 0.4) is 0 Å². The van der Waals surface area contributed by atoms with Gasteiger partial charge in [0.2, 0.25) is 5.91 Å². The van der Waals surface area contributed by atoms with Crippen molar-refractivity contribution < 1.29 is 13.2 Å². The molecule has 2 rings (SSSR count). The Labute approximate surface area is 117 Å². The maximum atomic E-state index is 12.1. The zero-order chi connectivity index (χ0) is 14.0. The van der Waals surface area contributed by atoms with Gasteiger partial charge in [0.1, 0.15) is 0 Å². The second-order valence-corrected chi connectivity index (χ2v) is 6.69. The van der Waals surface area contributed by atoms with Crippen molar-refractivity contribution in [2.45, 2.75) is 19.4 Å². The summed E-state index contributed by atoms with van der Waals surface area (Å²) in [7, 11) is -3.20. The summed E-state index contributed by atoms with van der Waals surface area (Å²) in [5.41, 5.74) is 0.656. The summed E-state index contributed by atoms with van der Waals surface area (Å²) in [5.74, 6) is -0.185. The Balaban J connectivity index is 2.35. The van der Waals surface area contributed by atoms with Crippen LogP contribution in [0.4, 0.5) is 5.69 Å². The van der Waals surface area contributed by atoms with Crippen LogP contribution < -0.4 is 4.90 Å². The zero-order valence-electron chi connectivity index (χ0n) is 10.4. The number of sulfone groups is 1. The molecule has 0 saturated carbocycles. The van der Waals surface area contributed by atoms with Gasteiger partial charge in [-0.1, -0.05) is 18.5 Å². The minimum atomic E-state index is -3.20. The van der Waals surface area contributed by atoms with Crippen molar-refractivity contribution in [2.24, 2.45) is 0 Å². The molecule has 0 aromatic heterocycles. The summed E-state index contributed by atoms with van der Waals surface area (Å²) in [6.45, 7) is 1.75. The Kier molecular flexibility index (Phi) is 3.96. The summed E-state index contributed by atoms with van der Waals surface area (Å²) in [4.78, 5) is 13.6. The van der Waals surface area contributed by atoms with E-state index in [1.807, 2.05) is 0 Å². The minimum absolute atomic E-state index is 0.0681. The number of carbonyl (C=O) groups excluding carboxylic acids is 1. The van der Waals surface area contributed by atoms with Gasteiger partial charge in [0, 0.05) is 22.5 Å². The summed E-state index contributed by atoms with van der Waals surface area (Å²) in [6, 6.07) is 6.35. The van der Waals surface area contributed by atoms with Crippen LogP contribution in [-0.4, -0.2) is 26.1 Å². The van der Waals surface area contributed by atoms with Crippen molar-refractivity contribution in [2.75, 3.05) is 10.7 Å². The Morgan fingerprint density at radius 2 is 2.00 bits per heavy atom. The first-order valence-corrected chi connectivity index (χ1v) is 8.01. The SMILES string of the molecule is CCC(=O)N(c1ccc(Cl)cc1)[C@@H]1C=CS(=O)(=O)C1. The molecule has 0 radical (unpaired) electrons. The van der Waals surface area contributed by atoms with Crippen LogP contribution in [0.1, 0.15) is 13.3 Å². The third-order valence-electron chi connectivity index (χ3n) is 2.92. The smallest absolute Gasteiger partial charge is 0.227 e. The van der Waals surface area contributed by atoms with Crippen molar-refractivity contribution in [1.29, 1.82) is 0 Å². The van der Waals surface area contributed by atoms with E-state index in [4.69, 9.17) is 11.6 Å². The number of carbonyl (C=O) groups is 1. The van der Waals surface area contributed by atoms with Gasteiger partial charge in [-0.05, 0) is 30.3 Å². The van der Waals surface area contributed by atoms with Gasteiger partial charge in [0.25, 0.3) is 0 Å². The highest BCUT2D eigenvalue weighted by molar-refractivity contribution is 7.94. The molecule has 1 aromatic carbocycles. The molecule has 19 heavy (non-hydrogen) atoms. The Bertz CT molecular complexity index is 607. The summed E-state index contributed by atoms with van der Waals surface area (Å²) in [5, 5.41) is 1.74. The normalized spacial score (nSPS) is 20.4. The molecule has 0 fully saturated rings. The van der Waals surface area contributed by atoms with Crippen LogP contribution in [0.2, 0.25) is 5.02 Å². The quantitative estimate of drug-likeness (QED) is 0.861. The van der Waals surface area contributed by atoms with E-state index in [9.17, 15) is 13.2 Å². The first-order valence-electron chi connectivity index (χ1n) is 5.91. The minimum Gasteiger partial charge on any atom is -0.304 e. The van der Waals surface area contributed by atoms with Crippen LogP contribution in [0.15, 0.2) is 35.7 Å². The molecule has 1 aliphatic heterocycles. The Morgan fingerprint density at radius 3 is 2.47 bits per heavy atom. The largest absolute Gasteiger partial charge is 0.304 e. The molecule has 6 heteroatoms. The van der Waals surface area contributed by atoms with Crippen molar-refractivity contribution in [1.82, 2.24) is 0 Å². The van der Waals surface area contributed by atoms with E-state index in [2.05, 4.69) is 0 Å². The van der Waals surface area contributed by atoms with E-state index in [1.165, 1.54) is 10.3 Å². The molecular formula is C13H14ClNO3S. The lowest BCUT2D eigenvalue weighted by atomic mass is 10.2. The van der Waals surface area contributed by atoms with Crippen LogP contribution in [0.5, 0.6) is 0 Å². The second-order valence-electron chi connectivity index (χ2n) is 4.32. The summed E-state index contributed by atoms with van der Waals surface area (Å²) >= 11 is 5.82. The average Bonchev–Trinajstić information content (AvgIpc) is 2.72. The van der Waals surface area contributed by atoms with Crippen molar-refractivity contribution in [3.63, 3.8) is 0 Å². The van der Waals surface area contributed by atoms with Gasteiger partial charge in [0.15, 0.2) is 9.84 Å². The molecule has 0 bridgehead atoms. The Hall–Kier alpha value is -1.33. The molecule has 1 aromatic rings. The predicted molar refractivity (Wildman–Crippen MR) is 75.9 cm³/mol. The fourth-order valence-electron chi connectivity index (χ4n) is 2.01. The fraction of sp³-hybridized carbons (Fsp3) is 0.308. The molecule has 0 aliphatic carbocycles. The molecule has 1 atom stereocenters. The summed E-state index contributed by atoms with van der Waals surface area (Å²) < 4.78 is 23.0. The first kappa shape index (κ1) is 14.1. The van der Waals surface area contributed by atoms with Crippen LogP contribution in [0.25, 0.3) is 0 Å². The maximum Gasteiger partial charge on any atom is 0.227 e. The number of halogens is 1. The lowest BCUT2D eigenvalue weighted by Gasteiger charge is -2.27. The van der Waals surface area contributed by atoms with E-state index in [1.54, 1.807) is 37.3 Å². The van der Waals surface area contributed by atoms with Crippen LogP contribution in [0, 0.1) is 0 Å². The molecule has 0 N–H and O–H groups in total. The second kappa shape index (κ2) is 5.35. The van der Waals surface area contributed by atoms with Gasteiger partial charge >= 0.3 is 0 Å². The monoisotopic (exact) mass is 299 g/mol. The number of hydrogen-bond donors (Lipinski definition) is 0. The highest BCUT2D eigenvalue weighted by Crippen LogP contribution is 2.25. The third-order valence-corrected chi connectivity index (χ3v) is 4.55. The first-order chi connectivity index (χ1) is 8.93. The van der Waals surface area contributed by atoms with E-state index in [-0.39, 0.29) is 11.7 Å². The highest BCUT2D eigenvalue weighted by Gasteiger charge is 2.30. The number of amides is 1. The molecule has 0 saturated heterocycles. The standard InChI is InChI=1S/C13H14ClNO3S/c1-2-13(16)15(11-5-3-10(14)4-6-11)12-7-8-19(17,18)9-12/h3-8,12H,2,9H2,1H3/t12-/m1/s1. The molecule has 0 unspecified atom stereocenters. The number of benzene rings is 1. The van der Waals surface area contributed by atoms with Gasteiger partial charge in [-0.25, -0.2) is 8.42 Å². The van der Waals surface area contributed by atoms with Gasteiger partial charge in [0.05, 0.1) is 11.8 Å². The molecule has 0 spiro atoms. The lowest BCUT2D eigenvalue weighted by molar-refractivity contribution is -0.118. The maximum absolute atomic E-state index is 12.1. The third kappa shape index (κ3) is 3.16. The highest BCUT2D eigenvalue weighted by atomic mass is 35.5. The topological polar surface area (TPSA) is 54.5 Å². The number of rotatable bonds is 3. The van der Waals surface area contributed by atoms with Crippen molar-refractivity contribution >= 4 is 33.0 Å². The van der Waals surface area contributed by atoms with E-state index in [0.29, 0.717) is 17.1 Å². The molecular weight excluding hydrogens is 286 g/mol. The molecule has 1 aliphatic rings. The fourth-order valence-corrected chi connectivity index (χ4v) is 3.41. The molecule has 1 heterocycles. The van der Waals surface area contributed by atoms with E-state index < -0.39 is 15.9 Å². The molecule has 4 nitrogen and oxygen atoms in total. The van der Waals surface area contributed by atoms with Gasteiger partial charge in [-0.2, -0.15) is 0 Å². The van der Waals surface area contributed by atoms with Crippen LogP contribution in [-0.2, 0) is 14.6 Å². The number of hydrogen-bond acceptors (Lipinski definition) is 3. The van der Waals surface area contributed by atoms with Gasteiger partial charge in [-0.3, -0.25) is 4.79 Å². The lowest BCUT2D eigenvalue weighted by Crippen LogP contribution is -2.40. The van der Waals surface area contributed by atoms with Gasteiger partial charge in [-0.15, -0.1) is 0 Å². The number of nitrogens with zero attached hydrogens (tertiary/aromatic N) is 1. The van der Waals surface area contributed by atoms with Crippen molar-refractivity contribution in [3.05, 3.63) is 40.8 Å². The zero-order valence-corrected chi connectivity index (χ0v) is 12.0.